The lowest BCUT2D eigenvalue weighted by atomic mass is 9.98. The van der Waals surface area contributed by atoms with Gasteiger partial charge < -0.3 is 20.1 Å². The Bertz CT molecular complexity index is 315. The Morgan fingerprint density at radius 1 is 1.25 bits per heavy atom. The zero-order valence-corrected chi connectivity index (χ0v) is 12.1. The van der Waals surface area contributed by atoms with Crippen molar-refractivity contribution in [3.05, 3.63) is 12.2 Å². The first-order chi connectivity index (χ1) is 9.51. The topological polar surface area (TPSA) is 87.0 Å². The second-order valence-corrected chi connectivity index (χ2v) is 5.51. The Hall–Kier alpha value is -0.910. The van der Waals surface area contributed by atoms with Gasteiger partial charge in [0.2, 0.25) is 0 Å². The van der Waals surface area contributed by atoms with Crippen molar-refractivity contribution in [2.45, 2.75) is 76.3 Å². The maximum atomic E-state index is 11.0. The molecule has 0 saturated heterocycles. The number of aliphatic hydroxyl groups excluding tert-OH is 3. The zero-order chi connectivity index (χ0) is 15.0. The maximum Gasteiger partial charge on any atom is 0.330 e. The molecule has 1 rings (SSSR count). The molecule has 1 aliphatic heterocycles. The van der Waals surface area contributed by atoms with Crippen LogP contribution in [0.3, 0.4) is 0 Å². The summed E-state index contributed by atoms with van der Waals surface area (Å²) in [6.07, 6.45) is 4.81. The molecule has 0 saturated carbocycles. The van der Waals surface area contributed by atoms with Gasteiger partial charge in [0, 0.05) is 18.9 Å². The summed E-state index contributed by atoms with van der Waals surface area (Å²) in [5.74, 6) is -0.385. The standard InChI is InChI=1S/C15H26O5/c1-2-3-5-11(16)8-12(17)9-13(18)10-14-6-4-7-15(19)20-14/h4,7,11-14,16-18H,2-3,5-6,8-10H2,1H3/t11-,12-,13+,14-/m1/s1. The Morgan fingerprint density at radius 3 is 2.60 bits per heavy atom. The molecule has 3 N–H and O–H groups in total. The average molecular weight is 286 g/mol. The molecule has 0 fully saturated rings. The molecular weight excluding hydrogens is 260 g/mol. The highest BCUT2D eigenvalue weighted by atomic mass is 16.5. The Morgan fingerprint density at radius 2 is 1.95 bits per heavy atom. The number of esters is 1. The van der Waals surface area contributed by atoms with E-state index in [0.29, 0.717) is 19.3 Å². The number of carbonyl (C=O) groups is 1. The molecule has 1 aliphatic rings. The molecule has 0 radical (unpaired) electrons. The molecule has 1 heterocycles. The fourth-order valence-corrected chi connectivity index (χ4v) is 2.39. The van der Waals surface area contributed by atoms with E-state index in [1.807, 2.05) is 6.92 Å². The highest BCUT2D eigenvalue weighted by molar-refractivity contribution is 5.82. The molecule has 0 unspecified atom stereocenters. The molecule has 0 aromatic heterocycles. The van der Waals surface area contributed by atoms with Gasteiger partial charge in [-0.25, -0.2) is 4.79 Å². The molecule has 0 aromatic carbocycles. The average Bonchev–Trinajstić information content (AvgIpc) is 2.35. The van der Waals surface area contributed by atoms with Crippen molar-refractivity contribution in [3.63, 3.8) is 0 Å². The van der Waals surface area contributed by atoms with E-state index < -0.39 is 18.3 Å². The van der Waals surface area contributed by atoms with Crippen LogP contribution in [0.5, 0.6) is 0 Å². The number of hydrogen-bond donors (Lipinski definition) is 3. The van der Waals surface area contributed by atoms with Crippen LogP contribution in [-0.4, -0.2) is 45.7 Å². The summed E-state index contributed by atoms with van der Waals surface area (Å²) in [6.45, 7) is 2.05. The summed E-state index contributed by atoms with van der Waals surface area (Å²) in [5, 5.41) is 29.4. The van der Waals surface area contributed by atoms with Gasteiger partial charge in [0.05, 0.1) is 18.3 Å². The van der Waals surface area contributed by atoms with Gasteiger partial charge in [-0.2, -0.15) is 0 Å². The van der Waals surface area contributed by atoms with Gasteiger partial charge in [-0.3, -0.25) is 0 Å². The highest BCUT2D eigenvalue weighted by Gasteiger charge is 2.22. The predicted octanol–water partition coefficient (Wildman–Crippen LogP) is 1.30. The van der Waals surface area contributed by atoms with Crippen molar-refractivity contribution in [1.82, 2.24) is 0 Å². The molecule has 5 nitrogen and oxygen atoms in total. The van der Waals surface area contributed by atoms with Crippen LogP contribution in [0.25, 0.3) is 0 Å². The first-order valence-electron chi connectivity index (χ1n) is 7.42. The van der Waals surface area contributed by atoms with Gasteiger partial charge in [-0.05, 0) is 19.3 Å². The molecule has 0 amide bonds. The van der Waals surface area contributed by atoms with Gasteiger partial charge in [-0.1, -0.05) is 25.8 Å². The normalized spacial score (nSPS) is 23.2. The first kappa shape index (κ1) is 17.1. The number of cyclic esters (lactones) is 1. The Balaban J connectivity index is 2.22. The van der Waals surface area contributed by atoms with Crippen LogP contribution >= 0.6 is 0 Å². The monoisotopic (exact) mass is 286 g/mol. The van der Waals surface area contributed by atoms with Gasteiger partial charge in [-0.15, -0.1) is 0 Å². The maximum absolute atomic E-state index is 11.0. The number of aliphatic hydroxyl groups is 3. The van der Waals surface area contributed by atoms with E-state index in [0.717, 1.165) is 12.8 Å². The lowest BCUT2D eigenvalue weighted by molar-refractivity contribution is -0.145. The van der Waals surface area contributed by atoms with Gasteiger partial charge in [0.25, 0.3) is 0 Å². The van der Waals surface area contributed by atoms with E-state index in [-0.39, 0.29) is 24.9 Å². The van der Waals surface area contributed by atoms with Crippen molar-refractivity contribution in [2.24, 2.45) is 0 Å². The van der Waals surface area contributed by atoms with Crippen molar-refractivity contribution in [2.75, 3.05) is 0 Å². The third-order valence-corrected chi connectivity index (χ3v) is 3.45. The number of ether oxygens (including phenoxy) is 1. The lowest BCUT2D eigenvalue weighted by Crippen LogP contribution is -2.28. The molecule has 116 valence electrons. The van der Waals surface area contributed by atoms with E-state index in [1.54, 1.807) is 6.08 Å². The van der Waals surface area contributed by atoms with E-state index >= 15 is 0 Å². The molecule has 5 heteroatoms. The van der Waals surface area contributed by atoms with Gasteiger partial charge in [0.15, 0.2) is 0 Å². The molecular formula is C15H26O5. The minimum Gasteiger partial charge on any atom is -0.459 e. The van der Waals surface area contributed by atoms with Crippen molar-refractivity contribution in [1.29, 1.82) is 0 Å². The summed E-state index contributed by atoms with van der Waals surface area (Å²) >= 11 is 0. The fraction of sp³-hybridized carbons (Fsp3) is 0.800. The molecule has 20 heavy (non-hydrogen) atoms. The highest BCUT2D eigenvalue weighted by Crippen LogP contribution is 2.17. The molecule has 0 spiro atoms. The van der Waals surface area contributed by atoms with Crippen LogP contribution in [0.4, 0.5) is 0 Å². The van der Waals surface area contributed by atoms with Crippen LogP contribution in [0.15, 0.2) is 12.2 Å². The Kier molecular flexibility index (Phi) is 7.80. The first-order valence-corrected chi connectivity index (χ1v) is 7.42. The van der Waals surface area contributed by atoms with Gasteiger partial charge >= 0.3 is 5.97 Å². The second-order valence-electron chi connectivity index (χ2n) is 5.51. The van der Waals surface area contributed by atoms with E-state index in [2.05, 4.69) is 0 Å². The molecule has 0 aliphatic carbocycles. The molecule has 0 bridgehead atoms. The lowest BCUT2D eigenvalue weighted by Gasteiger charge is -2.23. The van der Waals surface area contributed by atoms with E-state index in [4.69, 9.17) is 4.74 Å². The number of unbranched alkanes of at least 4 members (excludes halogenated alkanes) is 1. The quantitative estimate of drug-likeness (QED) is 0.556. The van der Waals surface area contributed by atoms with Crippen molar-refractivity contribution < 1.29 is 24.9 Å². The summed E-state index contributed by atoms with van der Waals surface area (Å²) in [6, 6.07) is 0. The van der Waals surface area contributed by atoms with Crippen LogP contribution < -0.4 is 0 Å². The molecule has 0 aromatic rings. The van der Waals surface area contributed by atoms with Crippen molar-refractivity contribution >= 4 is 5.97 Å². The largest absolute Gasteiger partial charge is 0.459 e. The summed E-state index contributed by atoms with van der Waals surface area (Å²) in [5.41, 5.74) is 0. The van der Waals surface area contributed by atoms with E-state index in [9.17, 15) is 20.1 Å². The third kappa shape index (κ3) is 7.03. The smallest absolute Gasteiger partial charge is 0.330 e. The predicted molar refractivity (Wildman–Crippen MR) is 75.0 cm³/mol. The van der Waals surface area contributed by atoms with Crippen LogP contribution in [-0.2, 0) is 9.53 Å². The fourth-order valence-electron chi connectivity index (χ4n) is 2.39. The van der Waals surface area contributed by atoms with Crippen LogP contribution in [0.1, 0.15) is 51.9 Å². The second kappa shape index (κ2) is 9.10. The number of carbonyl (C=O) groups excluding carboxylic acids is 1. The zero-order valence-electron chi connectivity index (χ0n) is 12.1. The van der Waals surface area contributed by atoms with Crippen molar-refractivity contribution in [3.8, 4) is 0 Å². The third-order valence-electron chi connectivity index (χ3n) is 3.45. The summed E-state index contributed by atoms with van der Waals surface area (Å²) < 4.78 is 5.06. The molecule has 4 atom stereocenters. The minimum atomic E-state index is -0.730. The summed E-state index contributed by atoms with van der Waals surface area (Å²) in [4.78, 5) is 11.0. The van der Waals surface area contributed by atoms with Gasteiger partial charge in [0.1, 0.15) is 6.10 Å². The number of hydrogen-bond acceptors (Lipinski definition) is 5. The minimum absolute atomic E-state index is 0.195. The Labute approximate surface area is 120 Å². The van der Waals surface area contributed by atoms with Crippen LogP contribution in [0, 0.1) is 0 Å². The van der Waals surface area contributed by atoms with Crippen LogP contribution in [0.2, 0.25) is 0 Å². The number of rotatable bonds is 9. The van der Waals surface area contributed by atoms with E-state index in [1.165, 1.54) is 6.08 Å². The SMILES string of the molecule is CCCC[C@@H](O)C[C@@H](O)C[C@H](O)C[C@H]1CC=CC(=O)O1. The summed E-state index contributed by atoms with van der Waals surface area (Å²) in [7, 11) is 0.